The predicted molar refractivity (Wildman–Crippen MR) is 90.8 cm³/mol. The van der Waals surface area contributed by atoms with Gasteiger partial charge < -0.3 is 15.0 Å². The van der Waals surface area contributed by atoms with Crippen molar-refractivity contribution in [3.05, 3.63) is 28.5 Å². The molecule has 0 aliphatic carbocycles. The molecule has 1 unspecified atom stereocenters. The van der Waals surface area contributed by atoms with Gasteiger partial charge >= 0.3 is 11.7 Å². The fourth-order valence-electron chi connectivity index (χ4n) is 2.75. The van der Waals surface area contributed by atoms with Crippen LogP contribution in [0, 0.1) is 0 Å². The maximum Gasteiger partial charge on any atom is 0.345 e. The van der Waals surface area contributed by atoms with Crippen molar-refractivity contribution in [3.8, 4) is 0 Å². The first-order valence-corrected chi connectivity index (χ1v) is 8.27. The second-order valence-electron chi connectivity index (χ2n) is 6.05. The maximum atomic E-state index is 12.8. The minimum absolute atomic E-state index is 0.190. The van der Waals surface area contributed by atoms with Crippen LogP contribution in [-0.2, 0) is 39.8 Å². The predicted octanol–water partition coefficient (Wildman–Crippen LogP) is -1.15. The largest absolute Gasteiger partial charge is 0.466 e. The van der Waals surface area contributed by atoms with Crippen LogP contribution in [0.2, 0.25) is 0 Å². The fraction of sp³-hybridized carbons (Fsp3) is 0.562. The van der Waals surface area contributed by atoms with Gasteiger partial charge in [-0.1, -0.05) is 0 Å². The molecule has 2 heterocycles. The minimum atomic E-state index is -0.687. The Kier molecular flexibility index (Phi) is 6.31. The normalized spacial score (nSPS) is 18.0. The molecule has 142 valence electrons. The van der Waals surface area contributed by atoms with E-state index in [1.165, 1.54) is 16.4 Å². The summed E-state index contributed by atoms with van der Waals surface area (Å²) in [6.45, 7) is 0.712. The molecule has 26 heavy (non-hydrogen) atoms. The van der Waals surface area contributed by atoms with Crippen LogP contribution >= 0.6 is 0 Å². The Morgan fingerprint density at radius 1 is 1.27 bits per heavy atom. The summed E-state index contributed by atoms with van der Waals surface area (Å²) in [5, 5.41) is 6.75. The van der Waals surface area contributed by atoms with Gasteiger partial charge in [0.25, 0.3) is 0 Å². The van der Waals surface area contributed by atoms with Crippen LogP contribution in [0.4, 0.5) is 0 Å². The average Bonchev–Trinajstić information content (AvgIpc) is 2.76. The van der Waals surface area contributed by atoms with Crippen molar-refractivity contribution in [1.29, 1.82) is 0 Å². The molecule has 1 aromatic rings. The van der Waals surface area contributed by atoms with Gasteiger partial charge in [0.1, 0.15) is 6.04 Å². The zero-order valence-electron chi connectivity index (χ0n) is 15.1. The van der Waals surface area contributed by atoms with Crippen LogP contribution in [0.15, 0.2) is 16.9 Å². The molecule has 0 spiro atoms. The van der Waals surface area contributed by atoms with E-state index in [4.69, 9.17) is 0 Å². The molecular formula is C16H23N5O5. The number of esters is 1. The number of hydrogen-bond donors (Lipinski definition) is 1. The molecule has 0 bridgehead atoms. The highest BCUT2D eigenvalue weighted by Gasteiger charge is 2.29. The van der Waals surface area contributed by atoms with E-state index in [1.807, 2.05) is 0 Å². The third-order valence-corrected chi connectivity index (χ3v) is 4.22. The molecule has 1 aliphatic heterocycles. The van der Waals surface area contributed by atoms with Gasteiger partial charge in [0.15, 0.2) is 5.82 Å². The number of methoxy groups -OCH3 is 1. The number of nitrogens with zero attached hydrogens (tertiary/aromatic N) is 4. The molecule has 1 fully saturated rings. The summed E-state index contributed by atoms with van der Waals surface area (Å²) in [7, 11) is 4.36. The molecule has 0 aromatic carbocycles. The number of aryl methyl sites for hydroxylation is 1. The monoisotopic (exact) mass is 365 g/mol. The summed E-state index contributed by atoms with van der Waals surface area (Å²) in [5.41, 5.74) is -0.264. The van der Waals surface area contributed by atoms with Gasteiger partial charge in [-0.05, 0) is 19.3 Å². The zero-order valence-corrected chi connectivity index (χ0v) is 15.1. The molecule has 10 heteroatoms. The molecule has 0 radical (unpaired) electrons. The first-order valence-electron chi connectivity index (χ1n) is 8.27. The van der Waals surface area contributed by atoms with Crippen molar-refractivity contribution in [2.24, 2.45) is 14.1 Å². The van der Waals surface area contributed by atoms with Crippen molar-refractivity contribution in [3.63, 3.8) is 0 Å². The van der Waals surface area contributed by atoms with Crippen LogP contribution < -0.4 is 11.0 Å². The van der Waals surface area contributed by atoms with Crippen LogP contribution in [0.25, 0.3) is 0 Å². The number of aromatic nitrogens is 3. The molecule has 2 rings (SSSR count). The molecule has 1 aliphatic rings. The Hall–Kier alpha value is -2.91. The lowest BCUT2D eigenvalue weighted by Crippen LogP contribution is -2.47. The molecule has 1 N–H and O–H groups in total. The lowest BCUT2D eigenvalue weighted by molar-refractivity contribution is -0.135. The third-order valence-electron chi connectivity index (χ3n) is 4.22. The number of likely N-dealkylation sites (tertiary alicyclic amines) is 1. The number of hydrogen-bond acceptors (Lipinski definition) is 6. The molecule has 0 saturated carbocycles. The molecule has 2 amide bonds. The quantitative estimate of drug-likeness (QED) is 0.520. The number of carbonyl (C=O) groups is 3. The zero-order chi connectivity index (χ0) is 19.3. The SMILES string of the molecule is COC(=O)/C=C/C(=O)NC1CCCCN(Cc2nn(C)c(=O)n2C)C1=O. The Labute approximate surface area is 150 Å². The molecule has 1 aromatic heterocycles. The number of rotatable bonds is 5. The Morgan fingerprint density at radius 3 is 2.62 bits per heavy atom. The van der Waals surface area contributed by atoms with Crippen LogP contribution in [-0.4, -0.2) is 56.7 Å². The summed E-state index contributed by atoms with van der Waals surface area (Å²) in [6.07, 6.45) is 4.11. The Balaban J connectivity index is 2.07. The molecule has 1 saturated heterocycles. The minimum Gasteiger partial charge on any atom is -0.466 e. The van der Waals surface area contributed by atoms with E-state index < -0.39 is 17.9 Å². The maximum absolute atomic E-state index is 12.8. The number of amides is 2. The first kappa shape index (κ1) is 19.4. The van der Waals surface area contributed by atoms with Crippen LogP contribution in [0.1, 0.15) is 25.1 Å². The highest BCUT2D eigenvalue weighted by molar-refractivity contribution is 5.97. The summed E-state index contributed by atoms with van der Waals surface area (Å²) in [4.78, 5) is 49.1. The highest BCUT2D eigenvalue weighted by Crippen LogP contribution is 2.14. The van der Waals surface area contributed by atoms with Crippen molar-refractivity contribution in [1.82, 2.24) is 24.6 Å². The summed E-state index contributed by atoms with van der Waals surface area (Å²) < 4.78 is 7.03. The highest BCUT2D eigenvalue weighted by atomic mass is 16.5. The number of carbonyl (C=O) groups excluding carboxylic acids is 3. The molecular weight excluding hydrogens is 342 g/mol. The third kappa shape index (κ3) is 4.58. The fourth-order valence-corrected chi connectivity index (χ4v) is 2.75. The van der Waals surface area contributed by atoms with Gasteiger partial charge in [-0.15, -0.1) is 0 Å². The van der Waals surface area contributed by atoms with Gasteiger partial charge in [-0.3, -0.25) is 14.2 Å². The Morgan fingerprint density at radius 2 is 2.00 bits per heavy atom. The van der Waals surface area contributed by atoms with Crippen molar-refractivity contribution < 1.29 is 19.1 Å². The van der Waals surface area contributed by atoms with Crippen molar-refractivity contribution in [2.45, 2.75) is 31.8 Å². The summed E-state index contributed by atoms with van der Waals surface area (Å²) in [5.74, 6) is -0.949. The standard InChI is InChI=1S/C16H23N5O5/c1-19-12(18-20(2)16(19)25)10-21-9-5-4-6-11(15(21)24)17-13(22)7-8-14(23)26-3/h7-8,11H,4-6,9-10H2,1-3H3,(H,17,22)/b8-7+. The molecule has 10 nitrogen and oxygen atoms in total. The van der Waals surface area contributed by atoms with E-state index in [2.05, 4.69) is 15.2 Å². The van der Waals surface area contributed by atoms with Crippen LogP contribution in [0.5, 0.6) is 0 Å². The van der Waals surface area contributed by atoms with Crippen molar-refractivity contribution in [2.75, 3.05) is 13.7 Å². The van der Waals surface area contributed by atoms with Crippen molar-refractivity contribution >= 4 is 17.8 Å². The van der Waals surface area contributed by atoms with Gasteiger partial charge in [0.2, 0.25) is 11.8 Å². The van der Waals surface area contributed by atoms with E-state index >= 15 is 0 Å². The number of ether oxygens (including phenoxy) is 1. The smallest absolute Gasteiger partial charge is 0.345 e. The van der Waals surface area contributed by atoms with E-state index in [0.29, 0.717) is 18.8 Å². The van der Waals surface area contributed by atoms with Gasteiger partial charge in [0.05, 0.1) is 13.7 Å². The van der Waals surface area contributed by atoms with E-state index in [9.17, 15) is 19.2 Å². The second kappa shape index (κ2) is 8.45. The van der Waals surface area contributed by atoms with Gasteiger partial charge in [-0.2, -0.15) is 5.10 Å². The molecule has 1 atom stereocenters. The summed E-state index contributed by atoms with van der Waals surface area (Å²) >= 11 is 0. The Bertz CT molecular complexity index is 778. The van der Waals surface area contributed by atoms with Gasteiger partial charge in [0, 0.05) is 32.8 Å². The van der Waals surface area contributed by atoms with E-state index in [1.54, 1.807) is 19.0 Å². The number of nitrogens with one attached hydrogen (secondary N) is 1. The van der Waals surface area contributed by atoms with E-state index in [0.717, 1.165) is 25.0 Å². The lowest BCUT2D eigenvalue weighted by atomic mass is 10.1. The topological polar surface area (TPSA) is 116 Å². The van der Waals surface area contributed by atoms with Crippen LogP contribution in [0.3, 0.4) is 0 Å². The second-order valence-corrected chi connectivity index (χ2v) is 6.05. The average molecular weight is 365 g/mol. The lowest BCUT2D eigenvalue weighted by Gasteiger charge is -2.24. The van der Waals surface area contributed by atoms with Gasteiger partial charge in [-0.25, -0.2) is 14.3 Å². The van der Waals surface area contributed by atoms with E-state index in [-0.39, 0.29) is 18.1 Å². The summed E-state index contributed by atoms with van der Waals surface area (Å²) in [6, 6.07) is -0.687. The first-order chi connectivity index (χ1) is 12.3.